The van der Waals surface area contributed by atoms with Crippen molar-refractivity contribution in [3.63, 3.8) is 0 Å². The predicted molar refractivity (Wildman–Crippen MR) is 16.1 cm³/mol. The van der Waals surface area contributed by atoms with E-state index in [2.05, 4.69) is 12.6 Å². The molecule has 0 aliphatic rings. The van der Waals surface area contributed by atoms with E-state index in [1.54, 1.807) is 5.25 Å². The van der Waals surface area contributed by atoms with Gasteiger partial charge in [0.05, 0.1) is 0 Å². The first-order chi connectivity index (χ1) is 1.41. The number of rotatable bonds is 0. The second kappa shape index (κ2) is 8.99. The Morgan fingerprint density at radius 1 is 1.75 bits per heavy atom. The van der Waals surface area contributed by atoms with Gasteiger partial charge in [0, 0.05) is 32.7 Å². The van der Waals surface area contributed by atoms with E-state index in [-0.39, 0.29) is 32.7 Å². The van der Waals surface area contributed by atoms with Gasteiger partial charge in [-0.3, -0.25) is 5.25 Å². The molecule has 1 radical (unpaired) electrons. The van der Waals surface area contributed by atoms with Gasteiger partial charge in [-0.05, 0) is 0 Å². The van der Waals surface area contributed by atoms with E-state index in [1.807, 2.05) is 0 Å². The summed E-state index contributed by atoms with van der Waals surface area (Å²) in [5, 5.41) is 1.69. The summed E-state index contributed by atoms with van der Waals surface area (Å²) in [7, 11) is 0. The van der Waals surface area contributed by atoms with Gasteiger partial charge in [-0.25, -0.2) is 0 Å². The van der Waals surface area contributed by atoms with E-state index < -0.39 is 0 Å². The summed E-state index contributed by atoms with van der Waals surface area (Å²) in [6.07, 6.45) is 5.82. The maximum absolute atomic E-state index is 5.82. The fraction of sp³-hybridized carbons (Fsp3) is 0. The molecular weight excluding hydrogens is 145 g/mol. The molecule has 19 valence electrons. The zero-order chi connectivity index (χ0) is 2.71. The molecule has 0 spiro atoms. The molecule has 4 heavy (non-hydrogen) atoms. The van der Waals surface area contributed by atoms with Crippen LogP contribution in [-0.4, -0.2) is 0 Å². The third-order valence-corrected chi connectivity index (χ3v) is 0. The third-order valence-electron chi connectivity index (χ3n) is 0. The van der Waals surface area contributed by atoms with Crippen molar-refractivity contribution in [2.45, 2.75) is 0 Å². The van der Waals surface area contributed by atoms with E-state index in [9.17, 15) is 0 Å². The smallest absolute Gasteiger partial charge is 0 e. The van der Waals surface area contributed by atoms with E-state index in [0.29, 0.717) is 0 Å². The topological polar surface area (TPSA) is 0 Å². The molecule has 0 rings (SSSR count). The molecule has 0 atom stereocenters. The Hall–Kier alpha value is 1.01. The fourth-order valence-electron chi connectivity index (χ4n) is 0. The molecule has 0 unspecified atom stereocenters. The Balaban J connectivity index is 0. The van der Waals surface area contributed by atoms with Crippen LogP contribution in [0, 0.1) is 11.7 Å². The zero-order valence-corrected chi connectivity index (χ0v) is 5.76. The molecule has 0 fully saturated rings. The summed E-state index contributed by atoms with van der Waals surface area (Å²) in [6.45, 7) is 0. The first-order valence-corrected chi connectivity index (χ1v) is 0.921. The van der Waals surface area contributed by atoms with E-state index in [4.69, 9.17) is 6.42 Å². The maximum Gasteiger partial charge on any atom is 0 e. The molecule has 0 heterocycles. The van der Waals surface area contributed by atoms with Crippen molar-refractivity contribution >= 4 is 12.6 Å². The molecule has 0 N–H and O–H groups in total. The van der Waals surface area contributed by atoms with Crippen molar-refractivity contribution in [3.05, 3.63) is 6.42 Å². The minimum absolute atomic E-state index is 0. The SMILES string of the molecule is [C-]#CS.[Y]. The van der Waals surface area contributed by atoms with Gasteiger partial charge in [0.15, 0.2) is 0 Å². The van der Waals surface area contributed by atoms with Crippen molar-refractivity contribution < 1.29 is 32.7 Å². The van der Waals surface area contributed by atoms with Gasteiger partial charge in [0.2, 0.25) is 0 Å². The predicted octanol–water partition coefficient (Wildman–Crippen LogP) is 0.461. The van der Waals surface area contributed by atoms with E-state index in [0.717, 1.165) is 0 Å². The number of hydrogen-bond donors (Lipinski definition) is 1. The Morgan fingerprint density at radius 2 is 1.75 bits per heavy atom. The second-order valence-electron chi connectivity index (χ2n) is 0.112. The van der Waals surface area contributed by atoms with Gasteiger partial charge in [-0.2, -0.15) is 0 Å². The van der Waals surface area contributed by atoms with E-state index in [1.165, 1.54) is 0 Å². The van der Waals surface area contributed by atoms with Gasteiger partial charge in [-0.1, -0.05) is 0 Å². The van der Waals surface area contributed by atoms with Crippen LogP contribution in [0.25, 0.3) is 0 Å². The molecule has 0 aliphatic heterocycles. The van der Waals surface area contributed by atoms with Gasteiger partial charge < -0.3 is 6.42 Å². The average molecular weight is 146 g/mol. The molecule has 0 bridgehead atoms. The normalized spacial score (nSPS) is 2.00. The monoisotopic (exact) mass is 146 g/mol. The van der Waals surface area contributed by atoms with Crippen molar-refractivity contribution in [2.24, 2.45) is 0 Å². The van der Waals surface area contributed by atoms with Crippen LogP contribution in [0.15, 0.2) is 0 Å². The first-order valence-electron chi connectivity index (χ1n) is 0.474. The Morgan fingerprint density at radius 3 is 1.75 bits per heavy atom. The molecule has 2 heteroatoms. The second-order valence-corrected chi connectivity index (χ2v) is 0.335. The Bertz CT molecular complexity index is 27.5. The Kier molecular flexibility index (Phi) is 20.0. The molecule has 0 aromatic carbocycles. The van der Waals surface area contributed by atoms with Crippen LogP contribution in [-0.2, 0) is 32.7 Å². The summed E-state index contributed by atoms with van der Waals surface area (Å²) in [4.78, 5) is 0. The van der Waals surface area contributed by atoms with Gasteiger partial charge >= 0.3 is 0 Å². The number of hydrogen-bond acceptors (Lipinski definition) is 1. The average Bonchev–Trinajstić information content (AvgIpc) is 0.918. The summed E-state index contributed by atoms with van der Waals surface area (Å²) < 4.78 is 0. The van der Waals surface area contributed by atoms with Gasteiger partial charge in [0.25, 0.3) is 0 Å². The van der Waals surface area contributed by atoms with Crippen LogP contribution < -0.4 is 0 Å². The van der Waals surface area contributed by atoms with Crippen LogP contribution in [0.2, 0.25) is 0 Å². The summed E-state index contributed by atoms with van der Waals surface area (Å²) in [6, 6.07) is 0. The summed E-state index contributed by atoms with van der Waals surface area (Å²) in [5.74, 6) is 0. The third kappa shape index (κ3) is 11.9. The molecule has 0 aromatic rings. The van der Waals surface area contributed by atoms with E-state index >= 15 is 0 Å². The van der Waals surface area contributed by atoms with Crippen LogP contribution in [0.5, 0.6) is 0 Å². The van der Waals surface area contributed by atoms with Gasteiger partial charge in [0.1, 0.15) is 0 Å². The van der Waals surface area contributed by atoms with Crippen LogP contribution >= 0.6 is 12.6 Å². The van der Waals surface area contributed by atoms with Gasteiger partial charge in [-0.15, -0.1) is 12.6 Å². The fourth-order valence-corrected chi connectivity index (χ4v) is 0. The van der Waals surface area contributed by atoms with Crippen LogP contribution in [0.4, 0.5) is 0 Å². The molecule has 0 saturated heterocycles. The summed E-state index contributed by atoms with van der Waals surface area (Å²) >= 11 is 3.21. The molecule has 0 nitrogen and oxygen atoms in total. The van der Waals surface area contributed by atoms with Crippen molar-refractivity contribution in [3.8, 4) is 5.25 Å². The van der Waals surface area contributed by atoms with Crippen molar-refractivity contribution in [2.75, 3.05) is 0 Å². The van der Waals surface area contributed by atoms with Crippen LogP contribution in [0.3, 0.4) is 0 Å². The maximum atomic E-state index is 5.82. The zero-order valence-electron chi connectivity index (χ0n) is 2.02. The van der Waals surface area contributed by atoms with Crippen molar-refractivity contribution in [1.29, 1.82) is 0 Å². The standard InChI is InChI=1S/C2HS.Y/c1-2-3;/h3H;/q-1;. The quantitative estimate of drug-likeness (QED) is 0.286. The minimum atomic E-state index is 0. The number of thiol groups is 1. The van der Waals surface area contributed by atoms with Crippen LogP contribution in [0.1, 0.15) is 0 Å². The molecule has 0 amide bonds. The Labute approximate surface area is 56.6 Å². The molecule has 0 aromatic heterocycles. The van der Waals surface area contributed by atoms with Crippen molar-refractivity contribution in [1.82, 2.24) is 0 Å². The molecule has 0 saturated carbocycles. The minimum Gasteiger partial charge on any atom is -0.681 e. The molecule has 0 aliphatic carbocycles. The molecular formula is C2HSY-. The summed E-state index contributed by atoms with van der Waals surface area (Å²) in [5.41, 5.74) is 0. The first kappa shape index (κ1) is 8.89. The largest absolute Gasteiger partial charge is 0.681 e.